The number of carbonyl (C=O) groups excluding carboxylic acids is 1. The van der Waals surface area contributed by atoms with Crippen molar-refractivity contribution in [3.05, 3.63) is 11.8 Å². The number of nitrogens with two attached hydrogens (primary N) is 1. The molecule has 78 valence electrons. The molecule has 0 unspecified atom stereocenters. The van der Waals surface area contributed by atoms with Crippen LogP contribution in [0.3, 0.4) is 0 Å². The van der Waals surface area contributed by atoms with Gasteiger partial charge in [-0.15, -0.1) is 0 Å². The first-order chi connectivity index (χ1) is 6.61. The van der Waals surface area contributed by atoms with Gasteiger partial charge in [0.1, 0.15) is 5.70 Å². The molecule has 0 saturated carbocycles. The average molecular weight is 198 g/mol. The van der Waals surface area contributed by atoms with Crippen molar-refractivity contribution in [1.29, 1.82) is 0 Å². The third kappa shape index (κ3) is 2.76. The molecule has 0 spiro atoms. The van der Waals surface area contributed by atoms with E-state index in [1.807, 2.05) is 0 Å². The minimum atomic E-state index is -1.09. The van der Waals surface area contributed by atoms with Crippen molar-refractivity contribution in [3.8, 4) is 0 Å². The molecule has 1 heterocycles. The van der Waals surface area contributed by atoms with E-state index < -0.39 is 11.9 Å². The minimum Gasteiger partial charge on any atom is -0.477 e. The molecule has 1 saturated heterocycles. The van der Waals surface area contributed by atoms with Crippen molar-refractivity contribution in [2.45, 2.75) is 19.3 Å². The van der Waals surface area contributed by atoms with Crippen molar-refractivity contribution in [1.82, 2.24) is 4.90 Å². The smallest absolute Gasteiger partial charge is 0.352 e. The maximum absolute atomic E-state index is 10.8. The Labute approximate surface area is 82.2 Å². The van der Waals surface area contributed by atoms with Crippen molar-refractivity contribution in [2.24, 2.45) is 5.73 Å². The fourth-order valence-electron chi connectivity index (χ4n) is 1.56. The average Bonchev–Trinajstić information content (AvgIpc) is 2.15. The third-order valence-corrected chi connectivity index (χ3v) is 2.19. The SMILES string of the molecule is NC(=O)C=C(C(=O)O)N1CCCCC1. The summed E-state index contributed by atoms with van der Waals surface area (Å²) in [6.45, 7) is 1.37. The highest BCUT2D eigenvalue weighted by Gasteiger charge is 2.19. The zero-order valence-corrected chi connectivity index (χ0v) is 7.90. The van der Waals surface area contributed by atoms with Crippen LogP contribution in [-0.4, -0.2) is 35.0 Å². The van der Waals surface area contributed by atoms with Crippen molar-refractivity contribution < 1.29 is 14.7 Å². The van der Waals surface area contributed by atoms with Gasteiger partial charge in [0.2, 0.25) is 5.91 Å². The summed E-state index contributed by atoms with van der Waals surface area (Å²) in [4.78, 5) is 23.1. The molecule has 1 fully saturated rings. The zero-order chi connectivity index (χ0) is 10.6. The summed E-state index contributed by atoms with van der Waals surface area (Å²) in [7, 11) is 0. The maximum atomic E-state index is 10.8. The monoisotopic (exact) mass is 198 g/mol. The second kappa shape index (κ2) is 4.64. The molecule has 0 aromatic heterocycles. The normalized spacial score (nSPS) is 18.0. The van der Waals surface area contributed by atoms with Gasteiger partial charge in [-0.25, -0.2) is 4.79 Å². The Hall–Kier alpha value is -1.52. The highest BCUT2D eigenvalue weighted by molar-refractivity contribution is 5.96. The van der Waals surface area contributed by atoms with Crippen LogP contribution in [0.5, 0.6) is 0 Å². The van der Waals surface area contributed by atoms with Crippen molar-refractivity contribution in [2.75, 3.05) is 13.1 Å². The van der Waals surface area contributed by atoms with Crippen molar-refractivity contribution in [3.63, 3.8) is 0 Å². The van der Waals surface area contributed by atoms with E-state index in [4.69, 9.17) is 10.8 Å². The number of primary amides is 1. The molecule has 5 heteroatoms. The lowest BCUT2D eigenvalue weighted by Crippen LogP contribution is -2.33. The minimum absolute atomic E-state index is 0.0113. The number of piperidine rings is 1. The first-order valence-corrected chi connectivity index (χ1v) is 4.60. The van der Waals surface area contributed by atoms with Crippen LogP contribution in [-0.2, 0) is 9.59 Å². The topological polar surface area (TPSA) is 83.6 Å². The first kappa shape index (κ1) is 10.6. The number of carboxylic acid groups (broad SMARTS) is 1. The Morgan fingerprint density at radius 1 is 1.21 bits per heavy atom. The van der Waals surface area contributed by atoms with Crippen LogP contribution in [0.1, 0.15) is 19.3 Å². The molecule has 0 radical (unpaired) electrons. The Morgan fingerprint density at radius 3 is 2.21 bits per heavy atom. The number of hydrogen-bond donors (Lipinski definition) is 2. The fraction of sp³-hybridized carbons (Fsp3) is 0.556. The molecule has 1 aliphatic heterocycles. The number of amides is 1. The number of nitrogens with zero attached hydrogens (tertiary/aromatic N) is 1. The molecule has 0 atom stereocenters. The Balaban J connectivity index is 2.76. The fourth-order valence-corrected chi connectivity index (χ4v) is 1.56. The molecule has 1 amide bonds. The Bertz CT molecular complexity index is 267. The van der Waals surface area contributed by atoms with E-state index in [-0.39, 0.29) is 5.70 Å². The van der Waals surface area contributed by atoms with Crippen LogP contribution in [0.4, 0.5) is 0 Å². The largest absolute Gasteiger partial charge is 0.477 e. The van der Waals surface area contributed by atoms with E-state index in [9.17, 15) is 9.59 Å². The first-order valence-electron chi connectivity index (χ1n) is 4.60. The number of carboxylic acids is 1. The van der Waals surface area contributed by atoms with Gasteiger partial charge in [0.25, 0.3) is 0 Å². The third-order valence-electron chi connectivity index (χ3n) is 2.19. The van der Waals surface area contributed by atoms with Gasteiger partial charge in [-0.05, 0) is 19.3 Å². The van der Waals surface area contributed by atoms with Crippen LogP contribution >= 0.6 is 0 Å². The van der Waals surface area contributed by atoms with E-state index in [1.54, 1.807) is 4.90 Å². The lowest BCUT2D eigenvalue weighted by atomic mass is 10.1. The lowest BCUT2D eigenvalue weighted by Gasteiger charge is -2.28. The summed E-state index contributed by atoms with van der Waals surface area (Å²) in [5.41, 5.74) is 4.94. The zero-order valence-electron chi connectivity index (χ0n) is 7.90. The molecule has 0 aliphatic carbocycles. The van der Waals surface area contributed by atoms with Crippen LogP contribution in [0.25, 0.3) is 0 Å². The van der Waals surface area contributed by atoms with Crippen LogP contribution in [0, 0.1) is 0 Å². The molecule has 1 aliphatic rings. The predicted octanol–water partition coefficient (Wildman–Crippen LogP) is -0.0739. The highest BCUT2D eigenvalue weighted by Crippen LogP contribution is 2.14. The molecular weight excluding hydrogens is 184 g/mol. The molecule has 14 heavy (non-hydrogen) atoms. The van der Waals surface area contributed by atoms with Crippen LogP contribution in [0.15, 0.2) is 11.8 Å². The second-order valence-corrected chi connectivity index (χ2v) is 3.28. The quantitative estimate of drug-likeness (QED) is 0.621. The van der Waals surface area contributed by atoms with Gasteiger partial charge >= 0.3 is 5.97 Å². The summed E-state index contributed by atoms with van der Waals surface area (Å²) in [6.07, 6.45) is 4.01. The lowest BCUT2D eigenvalue weighted by molar-refractivity contribution is -0.135. The Morgan fingerprint density at radius 2 is 1.79 bits per heavy atom. The molecule has 5 nitrogen and oxygen atoms in total. The number of likely N-dealkylation sites (tertiary alicyclic amines) is 1. The summed E-state index contributed by atoms with van der Waals surface area (Å²) < 4.78 is 0. The number of hydrogen-bond acceptors (Lipinski definition) is 3. The van der Waals surface area contributed by atoms with Gasteiger partial charge in [-0.2, -0.15) is 0 Å². The van der Waals surface area contributed by atoms with Gasteiger partial charge in [0.05, 0.1) is 0 Å². The van der Waals surface area contributed by atoms with Crippen molar-refractivity contribution >= 4 is 11.9 Å². The van der Waals surface area contributed by atoms with Gasteiger partial charge < -0.3 is 15.7 Å². The standard InChI is InChI=1S/C9H14N2O3/c10-8(12)6-7(9(13)14)11-4-2-1-3-5-11/h6H,1-5H2,(H2,10,12)(H,13,14). The van der Waals surface area contributed by atoms with Gasteiger partial charge in [0, 0.05) is 19.2 Å². The summed E-state index contributed by atoms with van der Waals surface area (Å²) in [5.74, 6) is -1.81. The molecule has 0 aromatic rings. The van der Waals surface area contributed by atoms with E-state index in [0.29, 0.717) is 13.1 Å². The van der Waals surface area contributed by atoms with E-state index in [0.717, 1.165) is 25.3 Å². The van der Waals surface area contributed by atoms with Gasteiger partial charge in [-0.1, -0.05) is 0 Å². The Kier molecular flexibility index (Phi) is 3.50. The molecule has 3 N–H and O–H groups in total. The highest BCUT2D eigenvalue weighted by atomic mass is 16.4. The van der Waals surface area contributed by atoms with Gasteiger partial charge in [0.15, 0.2) is 0 Å². The van der Waals surface area contributed by atoms with Crippen LogP contribution < -0.4 is 5.73 Å². The summed E-state index contributed by atoms with van der Waals surface area (Å²) in [6, 6.07) is 0. The molecule has 1 rings (SSSR count). The van der Waals surface area contributed by atoms with E-state index in [2.05, 4.69) is 0 Å². The molecule has 0 bridgehead atoms. The molecular formula is C9H14N2O3. The summed E-state index contributed by atoms with van der Waals surface area (Å²) in [5, 5.41) is 8.86. The summed E-state index contributed by atoms with van der Waals surface area (Å²) >= 11 is 0. The van der Waals surface area contributed by atoms with E-state index in [1.165, 1.54) is 0 Å². The molecule has 0 aromatic carbocycles. The number of carbonyl (C=O) groups is 2. The van der Waals surface area contributed by atoms with Crippen LogP contribution in [0.2, 0.25) is 0 Å². The predicted molar refractivity (Wildman–Crippen MR) is 50.3 cm³/mol. The van der Waals surface area contributed by atoms with E-state index >= 15 is 0 Å². The number of rotatable bonds is 3. The van der Waals surface area contributed by atoms with Gasteiger partial charge in [-0.3, -0.25) is 4.79 Å². The second-order valence-electron chi connectivity index (χ2n) is 3.28. The maximum Gasteiger partial charge on any atom is 0.352 e. The number of aliphatic carboxylic acids is 1.